The SMILES string of the molecule is CCc1ccccc1NC(=O)c1c(NC(=O)c2ccccc2Br)sc2c1CCC2. The third-order valence-corrected chi connectivity index (χ3v) is 7.04. The maximum Gasteiger partial charge on any atom is 0.258 e. The molecular weight excluding hydrogens is 448 g/mol. The summed E-state index contributed by atoms with van der Waals surface area (Å²) in [6, 6.07) is 15.1. The molecule has 2 aromatic carbocycles. The fourth-order valence-electron chi connectivity index (χ4n) is 3.68. The van der Waals surface area contributed by atoms with Gasteiger partial charge in [-0.3, -0.25) is 9.59 Å². The number of aryl methyl sites for hydroxylation is 2. The van der Waals surface area contributed by atoms with E-state index in [2.05, 4.69) is 33.5 Å². The molecule has 0 spiro atoms. The van der Waals surface area contributed by atoms with Crippen LogP contribution < -0.4 is 10.6 Å². The Balaban J connectivity index is 1.66. The Kier molecular flexibility index (Phi) is 5.83. The fraction of sp³-hybridized carbons (Fsp3) is 0.217. The number of carbonyl (C=O) groups is 2. The summed E-state index contributed by atoms with van der Waals surface area (Å²) in [7, 11) is 0. The van der Waals surface area contributed by atoms with Crippen LogP contribution in [0.5, 0.6) is 0 Å². The van der Waals surface area contributed by atoms with Crippen LogP contribution in [0, 0.1) is 0 Å². The van der Waals surface area contributed by atoms with Gasteiger partial charge in [-0.25, -0.2) is 0 Å². The maximum atomic E-state index is 13.2. The molecule has 0 fully saturated rings. The Morgan fingerprint density at radius 3 is 2.55 bits per heavy atom. The average molecular weight is 469 g/mol. The molecule has 6 heteroatoms. The first-order valence-corrected chi connectivity index (χ1v) is 11.3. The van der Waals surface area contributed by atoms with Gasteiger partial charge in [-0.2, -0.15) is 0 Å². The molecule has 0 aliphatic heterocycles. The quantitative estimate of drug-likeness (QED) is 0.477. The van der Waals surface area contributed by atoms with Gasteiger partial charge in [-0.05, 0) is 70.9 Å². The first-order chi connectivity index (χ1) is 14.1. The molecule has 2 amide bonds. The van der Waals surface area contributed by atoms with E-state index >= 15 is 0 Å². The minimum atomic E-state index is -0.222. The Bertz CT molecular complexity index is 1090. The standard InChI is InChI=1S/C23H21BrN2O2S/c1-2-14-8-3-6-12-18(14)25-22(28)20-16-10-7-13-19(16)29-23(20)26-21(27)15-9-4-5-11-17(15)24/h3-6,8-9,11-12H,2,7,10,13H2,1H3,(H,25,28)(H,26,27). The first kappa shape index (κ1) is 19.9. The highest BCUT2D eigenvalue weighted by atomic mass is 79.9. The zero-order chi connectivity index (χ0) is 20.4. The Morgan fingerprint density at radius 1 is 1.00 bits per heavy atom. The number of nitrogens with one attached hydrogen (secondary N) is 2. The summed E-state index contributed by atoms with van der Waals surface area (Å²) in [6.07, 6.45) is 3.71. The van der Waals surface area contributed by atoms with E-state index in [1.165, 1.54) is 16.2 Å². The van der Waals surface area contributed by atoms with Crippen LogP contribution in [0.25, 0.3) is 0 Å². The van der Waals surface area contributed by atoms with Gasteiger partial charge >= 0.3 is 0 Å². The van der Waals surface area contributed by atoms with Crippen molar-refractivity contribution in [1.82, 2.24) is 0 Å². The summed E-state index contributed by atoms with van der Waals surface area (Å²) < 4.78 is 0.726. The lowest BCUT2D eigenvalue weighted by Crippen LogP contribution is -2.18. The molecule has 0 saturated carbocycles. The van der Waals surface area contributed by atoms with Crippen LogP contribution in [0.4, 0.5) is 10.7 Å². The zero-order valence-corrected chi connectivity index (χ0v) is 18.5. The van der Waals surface area contributed by atoms with Crippen molar-refractivity contribution in [3.05, 3.63) is 80.1 Å². The number of anilines is 2. The van der Waals surface area contributed by atoms with Crippen LogP contribution >= 0.6 is 27.3 Å². The number of carbonyl (C=O) groups excluding carboxylic acids is 2. The molecule has 1 aromatic heterocycles. The van der Waals surface area contributed by atoms with Gasteiger partial charge in [0.15, 0.2) is 0 Å². The number of benzene rings is 2. The smallest absolute Gasteiger partial charge is 0.258 e. The highest BCUT2D eigenvalue weighted by Gasteiger charge is 2.28. The number of para-hydroxylation sites is 1. The van der Waals surface area contributed by atoms with Crippen molar-refractivity contribution in [2.75, 3.05) is 10.6 Å². The van der Waals surface area contributed by atoms with Crippen LogP contribution in [0.2, 0.25) is 0 Å². The van der Waals surface area contributed by atoms with Crippen LogP contribution in [-0.2, 0) is 19.3 Å². The molecule has 0 radical (unpaired) electrons. The lowest BCUT2D eigenvalue weighted by molar-refractivity contribution is 0.102. The van der Waals surface area contributed by atoms with Gasteiger partial charge in [0.2, 0.25) is 0 Å². The Hall–Kier alpha value is -2.44. The van der Waals surface area contributed by atoms with E-state index in [1.807, 2.05) is 42.5 Å². The molecule has 29 heavy (non-hydrogen) atoms. The number of hydrogen-bond acceptors (Lipinski definition) is 3. The van der Waals surface area contributed by atoms with Crippen molar-refractivity contribution in [2.45, 2.75) is 32.6 Å². The molecule has 4 nitrogen and oxygen atoms in total. The monoisotopic (exact) mass is 468 g/mol. The second-order valence-electron chi connectivity index (χ2n) is 6.96. The number of hydrogen-bond donors (Lipinski definition) is 2. The average Bonchev–Trinajstić information content (AvgIpc) is 3.29. The molecule has 1 heterocycles. The van der Waals surface area contributed by atoms with Crippen molar-refractivity contribution < 1.29 is 9.59 Å². The highest BCUT2D eigenvalue weighted by molar-refractivity contribution is 9.10. The van der Waals surface area contributed by atoms with Gasteiger partial charge < -0.3 is 10.6 Å². The van der Waals surface area contributed by atoms with Crippen LogP contribution in [0.3, 0.4) is 0 Å². The van der Waals surface area contributed by atoms with Crippen molar-refractivity contribution in [2.24, 2.45) is 0 Å². The molecule has 0 unspecified atom stereocenters. The largest absolute Gasteiger partial charge is 0.322 e. The van der Waals surface area contributed by atoms with Gasteiger partial charge in [0.25, 0.3) is 11.8 Å². The van der Waals surface area contributed by atoms with E-state index in [1.54, 1.807) is 6.07 Å². The predicted octanol–water partition coefficient (Wildman–Crippen LogP) is 6.07. The molecule has 0 atom stereocenters. The third-order valence-electron chi connectivity index (χ3n) is 5.14. The molecule has 4 rings (SSSR count). The third kappa shape index (κ3) is 4.00. The van der Waals surface area contributed by atoms with Crippen LogP contribution in [0.15, 0.2) is 53.0 Å². The topological polar surface area (TPSA) is 58.2 Å². The van der Waals surface area contributed by atoms with E-state index in [0.29, 0.717) is 16.1 Å². The fourth-order valence-corrected chi connectivity index (χ4v) is 5.43. The molecule has 0 bridgehead atoms. The highest BCUT2D eigenvalue weighted by Crippen LogP contribution is 2.40. The van der Waals surface area contributed by atoms with E-state index in [0.717, 1.165) is 47.0 Å². The summed E-state index contributed by atoms with van der Waals surface area (Å²) in [6.45, 7) is 2.07. The second kappa shape index (κ2) is 8.51. The number of amides is 2. The molecule has 0 saturated heterocycles. The first-order valence-electron chi connectivity index (χ1n) is 9.68. The summed E-state index contributed by atoms with van der Waals surface area (Å²) in [5.74, 6) is -0.381. The van der Waals surface area contributed by atoms with Gasteiger partial charge in [0.1, 0.15) is 5.00 Å². The van der Waals surface area contributed by atoms with E-state index in [4.69, 9.17) is 0 Å². The summed E-state index contributed by atoms with van der Waals surface area (Å²) in [5, 5.41) is 6.67. The van der Waals surface area contributed by atoms with Crippen molar-refractivity contribution in [3.63, 3.8) is 0 Å². The normalized spacial score (nSPS) is 12.5. The number of fused-ring (bicyclic) bond motifs is 1. The van der Waals surface area contributed by atoms with Crippen molar-refractivity contribution in [3.8, 4) is 0 Å². The Labute approximate surface area is 182 Å². The minimum Gasteiger partial charge on any atom is -0.322 e. The summed E-state index contributed by atoms with van der Waals surface area (Å²) in [5.41, 5.74) is 4.13. The van der Waals surface area contributed by atoms with Gasteiger partial charge in [-0.1, -0.05) is 37.3 Å². The number of rotatable bonds is 5. The summed E-state index contributed by atoms with van der Waals surface area (Å²) >= 11 is 4.94. The molecule has 1 aliphatic rings. The van der Waals surface area contributed by atoms with Gasteiger partial charge in [0, 0.05) is 15.0 Å². The lowest BCUT2D eigenvalue weighted by atomic mass is 10.1. The number of halogens is 1. The summed E-state index contributed by atoms with van der Waals surface area (Å²) in [4.78, 5) is 27.3. The second-order valence-corrected chi connectivity index (χ2v) is 8.92. The zero-order valence-electron chi connectivity index (χ0n) is 16.0. The molecule has 148 valence electrons. The van der Waals surface area contributed by atoms with Gasteiger partial charge in [-0.15, -0.1) is 11.3 Å². The predicted molar refractivity (Wildman–Crippen MR) is 122 cm³/mol. The minimum absolute atomic E-state index is 0.160. The van der Waals surface area contributed by atoms with E-state index in [9.17, 15) is 9.59 Å². The van der Waals surface area contributed by atoms with Crippen molar-refractivity contribution in [1.29, 1.82) is 0 Å². The number of thiophene rings is 1. The molecule has 2 N–H and O–H groups in total. The molecule has 1 aliphatic carbocycles. The maximum absolute atomic E-state index is 13.2. The van der Waals surface area contributed by atoms with E-state index in [-0.39, 0.29) is 11.8 Å². The molecular formula is C23H21BrN2O2S. The molecule has 3 aromatic rings. The van der Waals surface area contributed by atoms with Crippen LogP contribution in [-0.4, -0.2) is 11.8 Å². The lowest BCUT2D eigenvalue weighted by Gasteiger charge is -2.12. The Morgan fingerprint density at radius 2 is 1.76 bits per heavy atom. The van der Waals surface area contributed by atoms with E-state index < -0.39 is 0 Å². The van der Waals surface area contributed by atoms with Gasteiger partial charge in [0.05, 0.1) is 11.1 Å². The van der Waals surface area contributed by atoms with Crippen LogP contribution in [0.1, 0.15) is 50.1 Å². The van der Waals surface area contributed by atoms with Crippen molar-refractivity contribution >= 4 is 49.8 Å².